The van der Waals surface area contributed by atoms with Crippen LogP contribution in [0.2, 0.25) is 0 Å². The molecule has 1 aromatic rings. The number of rotatable bonds is 4. The van der Waals surface area contributed by atoms with E-state index in [0.717, 1.165) is 6.07 Å². The van der Waals surface area contributed by atoms with Crippen LogP contribution in [0.1, 0.15) is 27.9 Å². The Balaban J connectivity index is 3.00. The summed E-state index contributed by atoms with van der Waals surface area (Å²) >= 11 is 0. The summed E-state index contributed by atoms with van der Waals surface area (Å²) in [7, 11) is -4.01. The fraction of sp³-hybridized carbons (Fsp3) is 0.417. The van der Waals surface area contributed by atoms with Crippen LogP contribution in [0.5, 0.6) is 0 Å². The number of carbonyl (C=O) groups excluding carboxylic acids is 1. The first-order valence-electron chi connectivity index (χ1n) is 5.91. The summed E-state index contributed by atoms with van der Waals surface area (Å²) in [6, 6.07) is 2.52. The Hall–Kier alpha value is -1.61. The number of sulfonamides is 1. The molecule has 0 aliphatic heterocycles. The molecule has 1 amide bonds. The van der Waals surface area contributed by atoms with Gasteiger partial charge in [0.05, 0.1) is 11.3 Å². The molecule has 0 aromatic heterocycles. The minimum Gasteiger partial charge on any atom is -0.352 e. The van der Waals surface area contributed by atoms with Gasteiger partial charge in [-0.2, -0.15) is 13.2 Å². The fourth-order valence-corrected chi connectivity index (χ4v) is 2.59. The number of primary sulfonamides is 1. The van der Waals surface area contributed by atoms with E-state index in [1.165, 1.54) is 13.0 Å². The second kappa shape index (κ2) is 6.02. The Bertz CT molecular complexity index is 654. The molecule has 3 N–H and O–H groups in total. The smallest absolute Gasteiger partial charge is 0.352 e. The zero-order valence-corrected chi connectivity index (χ0v) is 12.2. The van der Waals surface area contributed by atoms with Crippen LogP contribution >= 0.6 is 0 Å². The van der Waals surface area contributed by atoms with Crippen molar-refractivity contribution in [3.8, 4) is 0 Å². The molecule has 0 aliphatic rings. The third kappa shape index (κ3) is 5.01. The molecule has 118 valence electrons. The number of nitrogens with two attached hydrogens (primary N) is 1. The SMILES string of the molecule is Cc1cc(C)c(S(N)(=O)=O)cc1C(=O)NCCC(F)(F)F. The molecule has 9 heteroatoms. The molecule has 0 radical (unpaired) electrons. The van der Waals surface area contributed by atoms with Crippen molar-refractivity contribution in [3.05, 3.63) is 28.8 Å². The Labute approximate surface area is 120 Å². The molecule has 0 saturated heterocycles. The minimum atomic E-state index is -4.37. The first-order valence-corrected chi connectivity index (χ1v) is 7.45. The van der Waals surface area contributed by atoms with Gasteiger partial charge in [-0.1, -0.05) is 6.07 Å². The van der Waals surface area contributed by atoms with Crippen LogP contribution in [-0.4, -0.2) is 27.0 Å². The molecule has 5 nitrogen and oxygen atoms in total. The van der Waals surface area contributed by atoms with Gasteiger partial charge in [0.1, 0.15) is 0 Å². The highest BCUT2D eigenvalue weighted by Crippen LogP contribution is 2.20. The third-order valence-electron chi connectivity index (χ3n) is 2.77. The van der Waals surface area contributed by atoms with E-state index >= 15 is 0 Å². The lowest BCUT2D eigenvalue weighted by molar-refractivity contribution is -0.132. The molecule has 0 unspecified atom stereocenters. The maximum absolute atomic E-state index is 12.0. The van der Waals surface area contributed by atoms with E-state index in [2.05, 4.69) is 5.32 Å². The number of hydrogen-bond donors (Lipinski definition) is 2. The molecular formula is C12H15F3N2O3S. The van der Waals surface area contributed by atoms with Crippen molar-refractivity contribution in [2.75, 3.05) is 6.54 Å². The van der Waals surface area contributed by atoms with Gasteiger partial charge >= 0.3 is 6.18 Å². The average molecular weight is 324 g/mol. The van der Waals surface area contributed by atoms with Crippen LogP contribution < -0.4 is 10.5 Å². The van der Waals surface area contributed by atoms with Crippen molar-refractivity contribution < 1.29 is 26.4 Å². The van der Waals surface area contributed by atoms with E-state index < -0.39 is 35.1 Å². The molecule has 0 aliphatic carbocycles. The molecule has 0 fully saturated rings. The lowest BCUT2D eigenvalue weighted by Crippen LogP contribution is -2.29. The zero-order valence-electron chi connectivity index (χ0n) is 11.4. The van der Waals surface area contributed by atoms with Gasteiger partial charge < -0.3 is 5.32 Å². The minimum absolute atomic E-state index is 0.0215. The standard InChI is InChI=1S/C12H15F3N2O3S/c1-7-5-8(2)10(21(16,19)20)6-9(7)11(18)17-4-3-12(13,14)15/h5-6H,3-4H2,1-2H3,(H,17,18)(H2,16,19,20). The molecule has 1 rings (SSSR count). The summed E-state index contributed by atoms with van der Waals surface area (Å²) in [5.41, 5.74) is 0.790. The molecule has 0 bridgehead atoms. The van der Waals surface area contributed by atoms with Gasteiger partial charge in [0.15, 0.2) is 0 Å². The number of nitrogens with one attached hydrogen (secondary N) is 1. The van der Waals surface area contributed by atoms with E-state index in [1.807, 2.05) is 0 Å². The second-order valence-corrected chi connectivity index (χ2v) is 6.13. The molecule has 0 spiro atoms. The Morgan fingerprint density at radius 1 is 1.24 bits per heavy atom. The van der Waals surface area contributed by atoms with Gasteiger partial charge in [-0.25, -0.2) is 13.6 Å². The summed E-state index contributed by atoms with van der Waals surface area (Å²) in [4.78, 5) is 11.6. The highest BCUT2D eigenvalue weighted by Gasteiger charge is 2.27. The molecule has 0 heterocycles. The zero-order chi connectivity index (χ0) is 16.4. The van der Waals surface area contributed by atoms with Crippen molar-refractivity contribution >= 4 is 15.9 Å². The number of amides is 1. The Kier molecular flexibility index (Phi) is 5.00. The summed E-state index contributed by atoms with van der Waals surface area (Å²) < 4.78 is 58.8. The van der Waals surface area contributed by atoms with Crippen LogP contribution in [0.25, 0.3) is 0 Å². The van der Waals surface area contributed by atoms with Gasteiger partial charge in [0.25, 0.3) is 5.91 Å². The van der Waals surface area contributed by atoms with E-state index in [9.17, 15) is 26.4 Å². The van der Waals surface area contributed by atoms with E-state index in [4.69, 9.17) is 5.14 Å². The maximum Gasteiger partial charge on any atom is 0.390 e. The molecule has 0 atom stereocenters. The summed E-state index contributed by atoms with van der Waals surface area (Å²) in [5, 5.41) is 7.13. The van der Waals surface area contributed by atoms with Crippen LogP contribution in [0.3, 0.4) is 0 Å². The van der Waals surface area contributed by atoms with E-state index in [-0.39, 0.29) is 10.5 Å². The predicted molar refractivity (Wildman–Crippen MR) is 70.3 cm³/mol. The number of benzene rings is 1. The lowest BCUT2D eigenvalue weighted by Gasteiger charge is -2.12. The quantitative estimate of drug-likeness (QED) is 0.882. The largest absolute Gasteiger partial charge is 0.390 e. The second-order valence-electron chi connectivity index (χ2n) is 4.60. The van der Waals surface area contributed by atoms with Gasteiger partial charge in [-0.05, 0) is 31.0 Å². The first-order chi connectivity index (χ1) is 9.42. The summed E-state index contributed by atoms with van der Waals surface area (Å²) in [5.74, 6) is -0.776. The van der Waals surface area contributed by atoms with Gasteiger partial charge in [-0.3, -0.25) is 4.79 Å². The average Bonchev–Trinajstić information content (AvgIpc) is 2.24. The Morgan fingerprint density at radius 2 is 1.81 bits per heavy atom. The highest BCUT2D eigenvalue weighted by molar-refractivity contribution is 7.89. The lowest BCUT2D eigenvalue weighted by atomic mass is 10.1. The molecule has 0 saturated carbocycles. The third-order valence-corrected chi connectivity index (χ3v) is 3.82. The highest BCUT2D eigenvalue weighted by atomic mass is 32.2. The topological polar surface area (TPSA) is 89.3 Å². The predicted octanol–water partition coefficient (Wildman–Crippen LogP) is 1.63. The van der Waals surface area contributed by atoms with E-state index in [1.54, 1.807) is 6.92 Å². The number of halogens is 3. The number of hydrogen-bond acceptors (Lipinski definition) is 3. The van der Waals surface area contributed by atoms with Crippen molar-refractivity contribution in [1.29, 1.82) is 0 Å². The summed E-state index contributed by atoms with van der Waals surface area (Å²) in [6.45, 7) is 2.48. The van der Waals surface area contributed by atoms with Crippen LogP contribution in [0.15, 0.2) is 17.0 Å². The van der Waals surface area contributed by atoms with Crippen molar-refractivity contribution in [1.82, 2.24) is 5.32 Å². The van der Waals surface area contributed by atoms with Gasteiger partial charge in [0.2, 0.25) is 10.0 Å². The van der Waals surface area contributed by atoms with Crippen molar-refractivity contribution in [2.45, 2.75) is 31.3 Å². The number of alkyl halides is 3. The van der Waals surface area contributed by atoms with Crippen LogP contribution in [0.4, 0.5) is 13.2 Å². The van der Waals surface area contributed by atoms with Crippen LogP contribution in [0, 0.1) is 13.8 Å². The van der Waals surface area contributed by atoms with E-state index in [0.29, 0.717) is 11.1 Å². The fourth-order valence-electron chi connectivity index (χ4n) is 1.80. The van der Waals surface area contributed by atoms with Gasteiger partial charge in [-0.15, -0.1) is 0 Å². The molecular weight excluding hydrogens is 309 g/mol. The van der Waals surface area contributed by atoms with Crippen molar-refractivity contribution in [3.63, 3.8) is 0 Å². The number of carbonyl (C=O) groups is 1. The first kappa shape index (κ1) is 17.4. The monoisotopic (exact) mass is 324 g/mol. The van der Waals surface area contributed by atoms with Crippen LogP contribution in [-0.2, 0) is 10.0 Å². The van der Waals surface area contributed by atoms with Gasteiger partial charge in [0, 0.05) is 12.1 Å². The molecule has 1 aromatic carbocycles. The number of aryl methyl sites for hydroxylation is 2. The normalized spacial score (nSPS) is 12.3. The van der Waals surface area contributed by atoms with Crippen molar-refractivity contribution in [2.24, 2.45) is 5.14 Å². The molecule has 21 heavy (non-hydrogen) atoms. The maximum atomic E-state index is 12.0. The summed E-state index contributed by atoms with van der Waals surface area (Å²) in [6.07, 6.45) is -5.53. The Morgan fingerprint density at radius 3 is 2.29 bits per heavy atom.